The van der Waals surface area contributed by atoms with Crippen LogP contribution in [0.25, 0.3) is 0 Å². The topological polar surface area (TPSA) is 78.9 Å². The van der Waals surface area contributed by atoms with E-state index in [1.165, 1.54) is 38.5 Å². The molecule has 0 fully saturated rings. The fraction of sp³-hybridized carbons (Fsp3) is 0.627. The third-order valence-electron chi connectivity index (χ3n) is 9.08. The van der Waals surface area contributed by atoms with Gasteiger partial charge in [-0.3, -0.25) is 14.4 Å². The molecule has 0 spiro atoms. The Labute approximate surface area is 349 Å². The lowest BCUT2D eigenvalue weighted by Crippen LogP contribution is -2.30. The molecule has 0 saturated heterocycles. The summed E-state index contributed by atoms with van der Waals surface area (Å²) in [5, 5.41) is 0. The van der Waals surface area contributed by atoms with Gasteiger partial charge in [-0.05, 0) is 89.9 Å². The van der Waals surface area contributed by atoms with Gasteiger partial charge in [-0.15, -0.1) is 0 Å². The summed E-state index contributed by atoms with van der Waals surface area (Å²) in [5.74, 6) is -1.01. The molecule has 0 aliphatic carbocycles. The van der Waals surface area contributed by atoms with E-state index in [0.29, 0.717) is 12.8 Å². The van der Waals surface area contributed by atoms with Crippen LogP contribution in [0.15, 0.2) is 97.2 Å². The quantitative estimate of drug-likeness (QED) is 0.0267. The van der Waals surface area contributed by atoms with E-state index in [1.807, 2.05) is 0 Å². The maximum atomic E-state index is 12.7. The number of allylic oxidation sites excluding steroid dienone is 16. The molecule has 6 nitrogen and oxygen atoms in total. The summed E-state index contributed by atoms with van der Waals surface area (Å²) in [6.07, 6.45) is 58.3. The highest BCUT2D eigenvalue weighted by Crippen LogP contribution is 2.12. The monoisotopic (exact) mass is 791 g/mol. The van der Waals surface area contributed by atoms with Crippen molar-refractivity contribution in [1.82, 2.24) is 0 Å². The lowest BCUT2D eigenvalue weighted by molar-refractivity contribution is -0.167. The Balaban J connectivity index is 4.51. The third kappa shape index (κ3) is 43.3. The summed E-state index contributed by atoms with van der Waals surface area (Å²) >= 11 is 0. The summed E-state index contributed by atoms with van der Waals surface area (Å²) in [4.78, 5) is 37.7. The van der Waals surface area contributed by atoms with Crippen molar-refractivity contribution in [3.8, 4) is 0 Å². The zero-order chi connectivity index (χ0) is 41.5. The van der Waals surface area contributed by atoms with Crippen molar-refractivity contribution >= 4 is 17.9 Å². The van der Waals surface area contributed by atoms with Gasteiger partial charge in [0.25, 0.3) is 0 Å². The highest BCUT2D eigenvalue weighted by molar-refractivity contribution is 5.71. The van der Waals surface area contributed by atoms with Crippen molar-refractivity contribution in [2.75, 3.05) is 13.2 Å². The molecule has 0 heterocycles. The van der Waals surface area contributed by atoms with Gasteiger partial charge in [0.2, 0.25) is 0 Å². The van der Waals surface area contributed by atoms with E-state index in [2.05, 4.69) is 118 Å². The molecule has 57 heavy (non-hydrogen) atoms. The molecule has 1 atom stereocenters. The third-order valence-corrected chi connectivity index (χ3v) is 9.08. The fourth-order valence-electron chi connectivity index (χ4n) is 5.72. The highest BCUT2D eigenvalue weighted by atomic mass is 16.6. The second-order valence-electron chi connectivity index (χ2n) is 14.5. The first-order valence-corrected chi connectivity index (χ1v) is 22.7. The summed E-state index contributed by atoms with van der Waals surface area (Å²) in [5.41, 5.74) is 0. The molecule has 0 aliphatic rings. The van der Waals surface area contributed by atoms with Crippen LogP contribution in [0.5, 0.6) is 0 Å². The molecule has 0 rings (SSSR count). The van der Waals surface area contributed by atoms with Crippen LogP contribution in [-0.2, 0) is 28.6 Å². The van der Waals surface area contributed by atoms with Crippen molar-refractivity contribution in [2.24, 2.45) is 0 Å². The number of esters is 3. The standard InChI is InChI=1S/C51H82O6/c1-4-7-10-13-16-19-21-23-24-25-26-28-29-32-35-38-41-44-50(53)56-47-48(46-55-49(52)43-40-37-34-31-18-15-12-9-6-3)57-51(54)45-42-39-36-33-30-27-22-20-17-14-11-8-5-2/h7-8,10-11,16-17,19-20,23-24,26-28,30,32,35,48H,4-6,9,12-15,18,21-22,25,29,31,33-34,36-47H2,1-3H3/b10-7-,11-8-,19-16-,20-17-,24-23-,28-26-,30-27-,35-32-. The molecule has 0 aromatic heterocycles. The van der Waals surface area contributed by atoms with Crippen LogP contribution in [0.3, 0.4) is 0 Å². The largest absolute Gasteiger partial charge is 0.462 e. The van der Waals surface area contributed by atoms with Crippen molar-refractivity contribution in [1.29, 1.82) is 0 Å². The lowest BCUT2D eigenvalue weighted by atomic mass is 10.1. The minimum atomic E-state index is -0.812. The molecule has 0 amide bonds. The summed E-state index contributed by atoms with van der Waals surface area (Å²) < 4.78 is 16.6. The second-order valence-corrected chi connectivity index (χ2v) is 14.5. The number of unbranched alkanes of at least 4 members (excludes halogenated alkanes) is 12. The van der Waals surface area contributed by atoms with Gasteiger partial charge in [-0.2, -0.15) is 0 Å². The summed E-state index contributed by atoms with van der Waals surface area (Å²) in [6.45, 7) is 6.28. The molecule has 6 heteroatoms. The first kappa shape index (κ1) is 53.3. The molecular formula is C51H82O6. The van der Waals surface area contributed by atoms with Crippen molar-refractivity contribution in [3.63, 3.8) is 0 Å². The zero-order valence-electron chi connectivity index (χ0n) is 36.6. The maximum absolute atomic E-state index is 12.7. The smallest absolute Gasteiger partial charge is 0.306 e. The van der Waals surface area contributed by atoms with E-state index in [1.54, 1.807) is 0 Å². The molecule has 0 bridgehead atoms. The molecule has 0 N–H and O–H groups in total. The van der Waals surface area contributed by atoms with Gasteiger partial charge >= 0.3 is 17.9 Å². The van der Waals surface area contributed by atoms with Gasteiger partial charge in [0.15, 0.2) is 6.10 Å². The summed E-state index contributed by atoms with van der Waals surface area (Å²) in [7, 11) is 0. The van der Waals surface area contributed by atoms with E-state index < -0.39 is 6.10 Å². The van der Waals surface area contributed by atoms with Crippen LogP contribution in [0.2, 0.25) is 0 Å². The molecule has 1 unspecified atom stereocenters. The number of rotatable bonds is 39. The molecule has 0 saturated carbocycles. The van der Waals surface area contributed by atoms with E-state index in [0.717, 1.165) is 103 Å². The predicted octanol–water partition coefficient (Wildman–Crippen LogP) is 14.6. The van der Waals surface area contributed by atoms with Gasteiger partial charge in [0.1, 0.15) is 13.2 Å². The van der Waals surface area contributed by atoms with Crippen molar-refractivity contribution in [2.45, 2.75) is 194 Å². The number of carbonyl (C=O) groups excluding carboxylic acids is 3. The second kappa shape index (κ2) is 45.0. The van der Waals surface area contributed by atoms with Gasteiger partial charge < -0.3 is 14.2 Å². The number of hydrogen-bond donors (Lipinski definition) is 0. The van der Waals surface area contributed by atoms with E-state index >= 15 is 0 Å². The fourth-order valence-corrected chi connectivity index (χ4v) is 5.72. The van der Waals surface area contributed by atoms with Crippen LogP contribution < -0.4 is 0 Å². The number of carbonyl (C=O) groups is 3. The van der Waals surface area contributed by atoms with Gasteiger partial charge in [0, 0.05) is 19.3 Å². The normalized spacial score (nSPS) is 13.0. The van der Waals surface area contributed by atoms with Crippen molar-refractivity contribution < 1.29 is 28.6 Å². The molecular weight excluding hydrogens is 709 g/mol. The summed E-state index contributed by atoms with van der Waals surface area (Å²) in [6, 6.07) is 0. The van der Waals surface area contributed by atoms with Crippen LogP contribution in [0.1, 0.15) is 188 Å². The highest BCUT2D eigenvalue weighted by Gasteiger charge is 2.19. The number of ether oxygens (including phenoxy) is 3. The molecule has 0 aromatic rings. The molecule has 0 aromatic carbocycles. The lowest BCUT2D eigenvalue weighted by Gasteiger charge is -2.18. The minimum absolute atomic E-state index is 0.108. The van der Waals surface area contributed by atoms with Crippen LogP contribution in [0.4, 0.5) is 0 Å². The van der Waals surface area contributed by atoms with Gasteiger partial charge in [-0.25, -0.2) is 0 Å². The molecule has 322 valence electrons. The Hall–Kier alpha value is -3.67. The van der Waals surface area contributed by atoms with Gasteiger partial charge in [0.05, 0.1) is 0 Å². The van der Waals surface area contributed by atoms with E-state index in [9.17, 15) is 14.4 Å². The Bertz CT molecular complexity index is 1180. The van der Waals surface area contributed by atoms with Crippen molar-refractivity contribution in [3.05, 3.63) is 97.2 Å². The average Bonchev–Trinajstić information content (AvgIpc) is 3.21. The van der Waals surface area contributed by atoms with Crippen LogP contribution in [0, 0.1) is 0 Å². The van der Waals surface area contributed by atoms with Gasteiger partial charge in [-0.1, -0.05) is 176 Å². The Morgan fingerprint density at radius 1 is 0.368 bits per heavy atom. The average molecular weight is 791 g/mol. The molecule has 0 aliphatic heterocycles. The van der Waals surface area contributed by atoms with E-state index in [-0.39, 0.29) is 44.0 Å². The first-order valence-electron chi connectivity index (χ1n) is 22.7. The number of hydrogen-bond acceptors (Lipinski definition) is 6. The zero-order valence-corrected chi connectivity index (χ0v) is 36.6. The maximum Gasteiger partial charge on any atom is 0.306 e. The van der Waals surface area contributed by atoms with E-state index in [4.69, 9.17) is 14.2 Å². The molecule has 0 radical (unpaired) electrons. The Morgan fingerprint density at radius 3 is 1.14 bits per heavy atom. The van der Waals surface area contributed by atoms with Crippen LogP contribution in [-0.4, -0.2) is 37.2 Å². The Kier molecular flexibility index (Phi) is 42.1. The minimum Gasteiger partial charge on any atom is -0.462 e. The predicted molar refractivity (Wildman–Crippen MR) is 242 cm³/mol. The van der Waals surface area contributed by atoms with Crippen LogP contribution >= 0.6 is 0 Å². The SMILES string of the molecule is CC/C=C\C/C=C\C/C=C\C/C=C\C/C=C\CCCC(=O)OCC(COC(=O)CCCCCCCCCCC)OC(=O)CCCCC/C=C\C/C=C\C/C=C\CC. The first-order chi connectivity index (χ1) is 28.0. The Morgan fingerprint density at radius 2 is 0.702 bits per heavy atom.